The van der Waals surface area contributed by atoms with Crippen LogP contribution in [0.3, 0.4) is 0 Å². The Bertz CT molecular complexity index is 960. The predicted octanol–water partition coefficient (Wildman–Crippen LogP) is 3.49. The van der Waals surface area contributed by atoms with Gasteiger partial charge in [-0.3, -0.25) is 0 Å². The molecule has 184 valence electrons. The van der Waals surface area contributed by atoms with Gasteiger partial charge in [0.2, 0.25) is 10.0 Å². The van der Waals surface area contributed by atoms with Crippen LogP contribution in [0.15, 0.2) is 40.8 Å². The minimum absolute atomic E-state index is 0.0307. The maximum Gasteiger partial charge on any atom is 0.243 e. The van der Waals surface area contributed by atoms with E-state index in [-0.39, 0.29) is 10.8 Å². The first-order valence-corrected chi connectivity index (χ1v) is 13.2. The number of nitrogens with zero attached hydrogens (tertiary/aromatic N) is 1. The standard InChI is InChI=1S/C25H37NO6S/c1-23(2,3)20-5-7-22(8-6-20)33(27,28)26-12-9-21-17-25(31-15-16-32-25)11-10-24(21,18-26)19-30-14-13-29-4/h5-9H,10-19H2,1-4H3. The van der Waals surface area contributed by atoms with Crippen LogP contribution in [-0.4, -0.2) is 71.7 Å². The van der Waals surface area contributed by atoms with Crippen LogP contribution in [0.4, 0.5) is 0 Å². The summed E-state index contributed by atoms with van der Waals surface area (Å²) in [6.45, 7) is 9.74. The summed E-state index contributed by atoms with van der Waals surface area (Å²) in [5, 5.41) is 0. The zero-order valence-corrected chi connectivity index (χ0v) is 21.1. The molecule has 2 fully saturated rings. The maximum absolute atomic E-state index is 13.6. The van der Waals surface area contributed by atoms with Crippen LogP contribution in [0, 0.1) is 5.41 Å². The lowest BCUT2D eigenvalue weighted by atomic mass is 9.67. The summed E-state index contributed by atoms with van der Waals surface area (Å²) in [6, 6.07) is 7.29. The van der Waals surface area contributed by atoms with Crippen molar-refractivity contribution in [1.29, 1.82) is 0 Å². The molecule has 2 aliphatic heterocycles. The Balaban J connectivity index is 1.58. The molecule has 0 radical (unpaired) electrons. The second-order valence-electron chi connectivity index (χ2n) is 10.4. The molecule has 4 rings (SSSR count). The Kier molecular flexibility index (Phi) is 7.07. The van der Waals surface area contributed by atoms with Gasteiger partial charge in [-0.15, -0.1) is 0 Å². The van der Waals surface area contributed by atoms with E-state index in [1.54, 1.807) is 23.5 Å². The SMILES string of the molecule is COCCOCC12CCC3(CC1=CCN(S(=O)(=O)c1ccc(C(C)(C)C)cc1)C2)OCCO3. The van der Waals surface area contributed by atoms with Gasteiger partial charge >= 0.3 is 0 Å². The van der Waals surface area contributed by atoms with Gasteiger partial charge in [-0.2, -0.15) is 4.31 Å². The molecule has 1 aromatic rings. The van der Waals surface area contributed by atoms with E-state index in [0.717, 1.165) is 18.4 Å². The Morgan fingerprint density at radius 2 is 1.76 bits per heavy atom. The minimum Gasteiger partial charge on any atom is -0.382 e. The number of hydrogen-bond donors (Lipinski definition) is 0. The fraction of sp³-hybridized carbons (Fsp3) is 0.680. The Hall–Kier alpha value is -1.29. The fourth-order valence-corrected chi connectivity index (χ4v) is 6.53. The molecule has 1 saturated heterocycles. The van der Waals surface area contributed by atoms with Crippen molar-refractivity contribution in [2.75, 3.05) is 53.2 Å². The summed E-state index contributed by atoms with van der Waals surface area (Å²) in [4.78, 5) is 0.331. The Morgan fingerprint density at radius 1 is 1.06 bits per heavy atom. The van der Waals surface area contributed by atoms with Crippen molar-refractivity contribution in [1.82, 2.24) is 4.31 Å². The molecule has 0 N–H and O–H groups in total. The first-order chi connectivity index (χ1) is 15.6. The van der Waals surface area contributed by atoms with Gasteiger partial charge in [0, 0.05) is 38.5 Å². The maximum atomic E-state index is 13.6. The number of fused-ring (bicyclic) bond motifs is 1. The highest BCUT2D eigenvalue weighted by atomic mass is 32.2. The van der Waals surface area contributed by atoms with Crippen LogP contribution >= 0.6 is 0 Å². The third kappa shape index (κ3) is 5.06. The van der Waals surface area contributed by atoms with Crippen LogP contribution in [-0.2, 0) is 34.4 Å². The summed E-state index contributed by atoms with van der Waals surface area (Å²) in [6.07, 6.45) is 4.19. The summed E-state index contributed by atoms with van der Waals surface area (Å²) in [5.74, 6) is -0.564. The largest absolute Gasteiger partial charge is 0.382 e. The first-order valence-electron chi connectivity index (χ1n) is 11.8. The highest BCUT2D eigenvalue weighted by Crippen LogP contribution is 2.50. The van der Waals surface area contributed by atoms with Gasteiger partial charge in [-0.05, 0) is 29.5 Å². The third-order valence-corrected chi connectivity index (χ3v) is 8.95. The summed E-state index contributed by atoms with van der Waals surface area (Å²) >= 11 is 0. The van der Waals surface area contributed by atoms with E-state index in [4.69, 9.17) is 18.9 Å². The Morgan fingerprint density at radius 3 is 2.39 bits per heavy atom. The van der Waals surface area contributed by atoms with E-state index in [9.17, 15) is 8.42 Å². The van der Waals surface area contributed by atoms with Crippen molar-refractivity contribution < 1.29 is 27.4 Å². The molecule has 8 heteroatoms. The molecule has 0 aromatic heterocycles. The molecule has 3 aliphatic rings. The number of methoxy groups -OCH3 is 1. The van der Waals surface area contributed by atoms with Gasteiger partial charge in [0.05, 0.1) is 37.9 Å². The zero-order valence-electron chi connectivity index (χ0n) is 20.3. The molecule has 1 aromatic carbocycles. The molecule has 0 bridgehead atoms. The lowest BCUT2D eigenvalue weighted by molar-refractivity contribution is -0.182. The van der Waals surface area contributed by atoms with Crippen molar-refractivity contribution in [3.05, 3.63) is 41.5 Å². The zero-order chi connectivity index (χ0) is 23.7. The van der Waals surface area contributed by atoms with Gasteiger partial charge in [0.1, 0.15) is 0 Å². The highest BCUT2D eigenvalue weighted by Gasteiger charge is 2.52. The quantitative estimate of drug-likeness (QED) is 0.440. The average molecular weight is 480 g/mol. The molecule has 2 heterocycles. The normalized spacial score (nSPS) is 25.8. The number of hydrogen-bond acceptors (Lipinski definition) is 6. The van der Waals surface area contributed by atoms with E-state index in [1.807, 2.05) is 12.1 Å². The molecule has 1 aliphatic carbocycles. The molecule has 1 spiro atoms. The Labute approximate surface area is 198 Å². The first kappa shape index (κ1) is 24.8. The molecular formula is C25H37NO6S. The van der Waals surface area contributed by atoms with Gasteiger partial charge in [-0.25, -0.2) is 8.42 Å². The second kappa shape index (κ2) is 9.40. The van der Waals surface area contributed by atoms with Gasteiger partial charge < -0.3 is 18.9 Å². The van der Waals surface area contributed by atoms with E-state index in [0.29, 0.717) is 57.4 Å². The third-order valence-electron chi connectivity index (χ3n) is 7.13. The highest BCUT2D eigenvalue weighted by molar-refractivity contribution is 7.89. The smallest absolute Gasteiger partial charge is 0.243 e. The van der Waals surface area contributed by atoms with Crippen LogP contribution in [0.1, 0.15) is 45.6 Å². The fourth-order valence-electron chi connectivity index (χ4n) is 5.06. The summed E-state index contributed by atoms with van der Waals surface area (Å²) < 4.78 is 51.8. The predicted molar refractivity (Wildman–Crippen MR) is 126 cm³/mol. The van der Waals surface area contributed by atoms with E-state index >= 15 is 0 Å². The van der Waals surface area contributed by atoms with Crippen molar-refractivity contribution in [2.45, 2.75) is 56.1 Å². The molecular weight excluding hydrogens is 442 g/mol. The lowest BCUT2D eigenvalue weighted by Crippen LogP contribution is -2.53. The van der Waals surface area contributed by atoms with Crippen molar-refractivity contribution >= 4 is 10.0 Å². The van der Waals surface area contributed by atoms with Gasteiger partial charge in [-0.1, -0.05) is 44.6 Å². The van der Waals surface area contributed by atoms with Gasteiger partial charge in [0.25, 0.3) is 0 Å². The number of sulfonamides is 1. The lowest BCUT2D eigenvalue weighted by Gasteiger charge is -2.49. The monoisotopic (exact) mass is 479 g/mol. The molecule has 33 heavy (non-hydrogen) atoms. The molecule has 1 saturated carbocycles. The van der Waals surface area contributed by atoms with Crippen molar-refractivity contribution in [2.24, 2.45) is 5.41 Å². The average Bonchev–Trinajstić information content (AvgIpc) is 3.24. The van der Waals surface area contributed by atoms with Crippen LogP contribution in [0.5, 0.6) is 0 Å². The summed E-state index contributed by atoms with van der Waals surface area (Å²) in [5.41, 5.74) is 1.88. The molecule has 0 amide bonds. The van der Waals surface area contributed by atoms with E-state index in [1.165, 1.54) is 5.57 Å². The van der Waals surface area contributed by atoms with E-state index in [2.05, 4.69) is 26.8 Å². The number of benzene rings is 1. The van der Waals surface area contributed by atoms with E-state index < -0.39 is 15.8 Å². The van der Waals surface area contributed by atoms with Crippen molar-refractivity contribution in [3.8, 4) is 0 Å². The topological polar surface area (TPSA) is 74.3 Å². The van der Waals surface area contributed by atoms with Gasteiger partial charge in [0.15, 0.2) is 5.79 Å². The molecule has 1 unspecified atom stereocenters. The number of rotatable bonds is 7. The molecule has 1 atom stereocenters. The van der Waals surface area contributed by atoms with Crippen molar-refractivity contribution in [3.63, 3.8) is 0 Å². The molecule has 7 nitrogen and oxygen atoms in total. The second-order valence-corrected chi connectivity index (χ2v) is 12.3. The minimum atomic E-state index is -3.63. The van der Waals surface area contributed by atoms with Crippen LogP contribution in [0.2, 0.25) is 0 Å². The summed E-state index contributed by atoms with van der Waals surface area (Å²) in [7, 11) is -1.98. The van der Waals surface area contributed by atoms with Crippen LogP contribution < -0.4 is 0 Å². The number of ether oxygens (including phenoxy) is 4. The van der Waals surface area contributed by atoms with Crippen LogP contribution in [0.25, 0.3) is 0 Å².